The molecular formula is C26H38IN3O4S. The number of carbonyl (C=O) groups is 2. The Hall–Kier alpha value is -1.27. The van der Waals surface area contributed by atoms with Crippen molar-refractivity contribution >= 4 is 53.1 Å². The Labute approximate surface area is 225 Å². The van der Waals surface area contributed by atoms with Crippen molar-refractivity contribution in [1.82, 2.24) is 15.6 Å². The molecule has 1 aromatic heterocycles. The molecule has 0 spiro atoms. The number of aliphatic hydroxyl groups is 1. The molecule has 0 saturated carbocycles. The predicted octanol–water partition coefficient (Wildman–Crippen LogP) is 5.54. The molecule has 35 heavy (non-hydrogen) atoms. The molecule has 3 atom stereocenters. The molecule has 3 heterocycles. The van der Waals surface area contributed by atoms with E-state index in [4.69, 9.17) is 4.18 Å². The third-order valence-corrected chi connectivity index (χ3v) is 7.33. The molecule has 0 bridgehead atoms. The van der Waals surface area contributed by atoms with Crippen LogP contribution in [0.25, 0.3) is 10.9 Å². The van der Waals surface area contributed by atoms with Crippen LogP contribution in [-0.4, -0.2) is 40.6 Å². The van der Waals surface area contributed by atoms with Crippen molar-refractivity contribution in [2.24, 2.45) is 0 Å². The minimum atomic E-state index is -1.15. The topological polar surface area (TPSA) is 101 Å². The number of aromatic nitrogens is 1. The fourth-order valence-corrected chi connectivity index (χ4v) is 6.05. The van der Waals surface area contributed by atoms with Crippen LogP contribution in [0.3, 0.4) is 0 Å². The molecule has 2 amide bonds. The molecule has 2 aromatic rings. The first-order valence-corrected chi connectivity index (χ1v) is 15.8. The summed E-state index contributed by atoms with van der Waals surface area (Å²) in [4.78, 5) is 28.3. The number of hydrogen-bond acceptors (Lipinski definition) is 7. The van der Waals surface area contributed by atoms with E-state index in [0.717, 1.165) is 22.0 Å². The average molecular weight is 616 g/mol. The molecule has 2 aliphatic rings. The highest BCUT2D eigenvalue weighted by molar-refractivity contribution is 14.2. The van der Waals surface area contributed by atoms with Crippen LogP contribution in [0.4, 0.5) is 0 Å². The van der Waals surface area contributed by atoms with Gasteiger partial charge in [0.05, 0.1) is 20.6 Å². The number of amides is 2. The SMILES string of the molecule is CC.CCC.CCC1(OSI)CNCCC1(O)c1ccc2ncc(C3CCC(=O)NC3=O)cc2c1. The monoisotopic (exact) mass is 615 g/mol. The number of carbonyl (C=O) groups excluding carboxylic acids is 2. The van der Waals surface area contributed by atoms with Crippen LogP contribution < -0.4 is 10.6 Å². The van der Waals surface area contributed by atoms with Gasteiger partial charge in [0.1, 0.15) is 11.2 Å². The number of hydrogen-bond donors (Lipinski definition) is 3. The number of pyridine rings is 1. The molecule has 4 rings (SSSR count). The third kappa shape index (κ3) is 6.54. The van der Waals surface area contributed by atoms with Gasteiger partial charge < -0.3 is 10.4 Å². The van der Waals surface area contributed by atoms with Crippen molar-refractivity contribution in [3.63, 3.8) is 0 Å². The summed E-state index contributed by atoms with van der Waals surface area (Å²) in [7, 11) is 1.24. The van der Waals surface area contributed by atoms with Gasteiger partial charge in [0, 0.05) is 45.8 Å². The number of piperidine rings is 2. The van der Waals surface area contributed by atoms with Gasteiger partial charge >= 0.3 is 0 Å². The lowest BCUT2D eigenvalue weighted by molar-refractivity contribution is -0.151. The number of halogens is 1. The Bertz CT molecular complexity index is 1000. The van der Waals surface area contributed by atoms with E-state index in [1.54, 1.807) is 6.20 Å². The molecule has 9 heteroatoms. The van der Waals surface area contributed by atoms with Gasteiger partial charge in [-0.2, -0.15) is 0 Å². The van der Waals surface area contributed by atoms with Crippen LogP contribution in [0, 0.1) is 0 Å². The number of rotatable bonds is 5. The Balaban J connectivity index is 0.000000803. The second kappa shape index (κ2) is 13.9. The quantitative estimate of drug-likeness (QED) is 0.231. The Morgan fingerprint density at radius 2 is 1.94 bits per heavy atom. The van der Waals surface area contributed by atoms with Gasteiger partial charge in [-0.25, -0.2) is 0 Å². The minimum Gasteiger partial charge on any atom is -0.382 e. The molecular weight excluding hydrogens is 577 g/mol. The van der Waals surface area contributed by atoms with Gasteiger partial charge in [-0.1, -0.05) is 47.1 Å². The fraction of sp³-hybridized carbons (Fsp3) is 0.577. The van der Waals surface area contributed by atoms with E-state index in [9.17, 15) is 14.7 Å². The molecule has 2 fully saturated rings. The van der Waals surface area contributed by atoms with Crippen LogP contribution in [0.5, 0.6) is 0 Å². The molecule has 2 aliphatic heterocycles. The van der Waals surface area contributed by atoms with E-state index in [-0.39, 0.29) is 11.8 Å². The molecule has 2 saturated heterocycles. The molecule has 7 nitrogen and oxygen atoms in total. The van der Waals surface area contributed by atoms with Gasteiger partial charge in [-0.3, -0.25) is 24.1 Å². The lowest BCUT2D eigenvalue weighted by atomic mass is 9.71. The summed E-state index contributed by atoms with van der Waals surface area (Å²) < 4.78 is 6.04. The van der Waals surface area contributed by atoms with Crippen LogP contribution in [0.2, 0.25) is 0 Å². The third-order valence-electron chi connectivity index (χ3n) is 6.41. The Kier molecular flexibility index (Phi) is 11.9. The number of nitrogens with one attached hydrogen (secondary N) is 2. The predicted molar refractivity (Wildman–Crippen MR) is 151 cm³/mol. The first-order chi connectivity index (χ1) is 16.8. The maximum absolute atomic E-state index is 12.3. The largest absolute Gasteiger partial charge is 0.382 e. The van der Waals surface area contributed by atoms with E-state index in [2.05, 4.69) is 50.7 Å². The summed E-state index contributed by atoms with van der Waals surface area (Å²) in [5, 5.41) is 18.4. The lowest BCUT2D eigenvalue weighted by Gasteiger charge is -2.49. The zero-order chi connectivity index (χ0) is 26.1. The highest BCUT2D eigenvalue weighted by atomic mass is 127. The maximum Gasteiger partial charge on any atom is 0.234 e. The van der Waals surface area contributed by atoms with E-state index in [1.807, 2.05) is 45.0 Å². The average Bonchev–Trinajstić information content (AvgIpc) is 2.86. The van der Waals surface area contributed by atoms with Crippen LogP contribution in [0.15, 0.2) is 30.5 Å². The summed E-state index contributed by atoms with van der Waals surface area (Å²) in [6.07, 6.45) is 4.94. The van der Waals surface area contributed by atoms with Crippen molar-refractivity contribution in [2.45, 2.75) is 83.8 Å². The summed E-state index contributed by atoms with van der Waals surface area (Å²) in [6, 6.07) is 7.71. The summed E-state index contributed by atoms with van der Waals surface area (Å²) >= 11 is 2.09. The number of benzene rings is 1. The number of imide groups is 1. The lowest BCUT2D eigenvalue weighted by Crippen LogP contribution is -2.62. The number of nitrogens with zero attached hydrogens (tertiary/aromatic N) is 1. The molecule has 0 radical (unpaired) electrons. The van der Waals surface area contributed by atoms with Crippen molar-refractivity contribution in [2.75, 3.05) is 13.1 Å². The van der Waals surface area contributed by atoms with Crippen LogP contribution >= 0.6 is 30.4 Å². The maximum atomic E-state index is 12.3. The van der Waals surface area contributed by atoms with Crippen molar-refractivity contribution < 1.29 is 18.9 Å². The fourth-order valence-electron chi connectivity index (χ4n) is 4.58. The normalized spacial score (nSPS) is 26.2. The standard InChI is InChI=1S/C21H24IN3O4S.C3H8.C2H6/c1-2-20(29-30-22)12-23-8-7-21(20,28)15-3-5-17-13(10-15)9-14(11-24-17)16-4-6-18(26)25-19(16)27;1-3-2;1-2/h3,5,9-11,16,23,28H,2,4,6-8,12H2,1H3,(H,25,26,27);3H2,1-2H3;1-2H3. The first kappa shape index (κ1) is 30.0. The zero-order valence-corrected chi connectivity index (χ0v) is 24.3. The molecule has 1 aromatic carbocycles. The summed E-state index contributed by atoms with van der Waals surface area (Å²) in [6.45, 7) is 11.5. The molecule has 3 N–H and O–H groups in total. The van der Waals surface area contributed by atoms with Gasteiger partial charge in [-0.05, 0) is 55.1 Å². The van der Waals surface area contributed by atoms with Crippen molar-refractivity contribution in [3.05, 3.63) is 41.6 Å². The van der Waals surface area contributed by atoms with E-state index < -0.39 is 17.1 Å². The minimum absolute atomic E-state index is 0.232. The molecule has 194 valence electrons. The number of fused-ring (bicyclic) bond motifs is 1. The van der Waals surface area contributed by atoms with Crippen molar-refractivity contribution in [1.29, 1.82) is 0 Å². The first-order valence-electron chi connectivity index (χ1n) is 12.5. The van der Waals surface area contributed by atoms with Crippen molar-refractivity contribution in [3.8, 4) is 0 Å². The van der Waals surface area contributed by atoms with Gasteiger partial charge in [0.2, 0.25) is 11.8 Å². The second-order valence-electron chi connectivity index (χ2n) is 8.67. The van der Waals surface area contributed by atoms with E-state index in [0.29, 0.717) is 38.8 Å². The Morgan fingerprint density at radius 3 is 2.57 bits per heavy atom. The van der Waals surface area contributed by atoms with Gasteiger partial charge in [-0.15, -0.1) is 0 Å². The second-order valence-corrected chi connectivity index (χ2v) is 10.0. The molecule has 0 aliphatic carbocycles. The zero-order valence-electron chi connectivity index (χ0n) is 21.3. The summed E-state index contributed by atoms with van der Waals surface area (Å²) in [5.41, 5.74) is 0.455. The van der Waals surface area contributed by atoms with Crippen LogP contribution in [0.1, 0.15) is 83.8 Å². The Morgan fingerprint density at radius 1 is 1.23 bits per heavy atom. The highest BCUT2D eigenvalue weighted by Gasteiger charge is 2.53. The van der Waals surface area contributed by atoms with E-state index >= 15 is 0 Å². The van der Waals surface area contributed by atoms with Gasteiger partial charge in [0.25, 0.3) is 0 Å². The molecule has 3 unspecified atom stereocenters. The van der Waals surface area contributed by atoms with E-state index in [1.165, 1.54) is 15.6 Å². The van der Waals surface area contributed by atoms with Crippen LogP contribution in [-0.2, 0) is 19.4 Å². The highest BCUT2D eigenvalue weighted by Crippen LogP contribution is 2.46. The smallest absolute Gasteiger partial charge is 0.234 e. The summed E-state index contributed by atoms with van der Waals surface area (Å²) in [5.74, 6) is -0.902. The van der Waals surface area contributed by atoms with Gasteiger partial charge in [0.15, 0.2) is 0 Å².